The average Bonchev–Trinajstić information content (AvgIpc) is 2.90. The summed E-state index contributed by atoms with van der Waals surface area (Å²) >= 11 is 0. The van der Waals surface area contributed by atoms with Crippen LogP contribution in [0.2, 0.25) is 0 Å². The van der Waals surface area contributed by atoms with E-state index in [0.717, 1.165) is 10.6 Å². The van der Waals surface area contributed by atoms with Gasteiger partial charge in [-0.15, -0.1) is 0 Å². The first-order chi connectivity index (χ1) is 11.3. The van der Waals surface area contributed by atoms with Crippen LogP contribution in [0.25, 0.3) is 0 Å². The van der Waals surface area contributed by atoms with Gasteiger partial charge in [-0.2, -0.15) is 0 Å². The smallest absolute Gasteiger partial charge is 0.246 e. The van der Waals surface area contributed by atoms with Crippen LogP contribution in [0.4, 0.5) is 11.5 Å². The number of carbonyl (C=O) groups is 1. The Morgan fingerprint density at radius 3 is 2.50 bits per heavy atom. The van der Waals surface area contributed by atoms with Crippen molar-refractivity contribution in [1.82, 2.24) is 5.16 Å². The van der Waals surface area contributed by atoms with Crippen LogP contribution in [0.3, 0.4) is 0 Å². The molecule has 1 heterocycles. The molecule has 8 nitrogen and oxygen atoms in total. The number of amides is 1. The second-order valence-electron chi connectivity index (χ2n) is 5.07. The summed E-state index contributed by atoms with van der Waals surface area (Å²) in [6.45, 7) is 3.67. The SMILES string of the molecule is CCOc1ccc(N(CC(=O)Nc2cc(C)on2)S(C)(=O)=O)cc1. The maximum absolute atomic E-state index is 12.1. The Morgan fingerprint density at radius 2 is 2.00 bits per heavy atom. The molecule has 1 aromatic heterocycles. The highest BCUT2D eigenvalue weighted by Crippen LogP contribution is 2.21. The number of benzene rings is 1. The van der Waals surface area contributed by atoms with Crippen molar-refractivity contribution < 1.29 is 22.5 Å². The number of aryl methyl sites for hydroxylation is 1. The van der Waals surface area contributed by atoms with Crippen LogP contribution in [0, 0.1) is 6.92 Å². The zero-order chi connectivity index (χ0) is 17.7. The molecule has 0 bridgehead atoms. The third kappa shape index (κ3) is 4.72. The zero-order valence-electron chi connectivity index (χ0n) is 13.6. The first-order valence-corrected chi connectivity index (χ1v) is 9.08. The van der Waals surface area contributed by atoms with E-state index in [4.69, 9.17) is 9.26 Å². The Balaban J connectivity index is 2.15. The maximum atomic E-state index is 12.1. The van der Waals surface area contributed by atoms with Gasteiger partial charge in [0.25, 0.3) is 0 Å². The fourth-order valence-electron chi connectivity index (χ4n) is 2.01. The number of hydrogen-bond acceptors (Lipinski definition) is 6. The van der Waals surface area contributed by atoms with E-state index in [1.165, 1.54) is 0 Å². The number of hydrogen-bond donors (Lipinski definition) is 1. The van der Waals surface area contributed by atoms with Gasteiger partial charge in [-0.25, -0.2) is 8.42 Å². The number of carbonyl (C=O) groups excluding carboxylic acids is 1. The van der Waals surface area contributed by atoms with Gasteiger partial charge in [0.2, 0.25) is 15.9 Å². The lowest BCUT2D eigenvalue weighted by Crippen LogP contribution is -2.37. The van der Waals surface area contributed by atoms with E-state index in [-0.39, 0.29) is 12.4 Å². The molecule has 0 saturated carbocycles. The van der Waals surface area contributed by atoms with Crippen LogP contribution in [-0.2, 0) is 14.8 Å². The molecule has 2 aromatic rings. The summed E-state index contributed by atoms with van der Waals surface area (Å²) in [5.74, 6) is 0.870. The summed E-state index contributed by atoms with van der Waals surface area (Å²) in [6, 6.07) is 8.00. The molecule has 0 unspecified atom stereocenters. The van der Waals surface area contributed by atoms with E-state index in [1.54, 1.807) is 37.3 Å². The Bertz CT molecular complexity index is 799. The van der Waals surface area contributed by atoms with E-state index in [2.05, 4.69) is 10.5 Å². The molecular weight excluding hydrogens is 334 g/mol. The third-order valence-corrected chi connectivity index (χ3v) is 4.16. The fraction of sp³-hybridized carbons (Fsp3) is 0.333. The van der Waals surface area contributed by atoms with Crippen molar-refractivity contribution >= 4 is 27.4 Å². The van der Waals surface area contributed by atoms with Gasteiger partial charge in [-0.05, 0) is 38.1 Å². The molecule has 0 aliphatic rings. The topological polar surface area (TPSA) is 102 Å². The number of rotatable bonds is 7. The minimum absolute atomic E-state index is 0.234. The van der Waals surface area contributed by atoms with Crippen molar-refractivity contribution in [2.45, 2.75) is 13.8 Å². The standard InChI is InChI=1S/C15H19N3O5S/c1-4-22-13-7-5-12(6-8-13)18(24(3,20)21)10-15(19)16-14-9-11(2)23-17-14/h5-9H,4,10H2,1-3H3,(H,16,17,19). The average molecular weight is 353 g/mol. The molecule has 0 aliphatic heterocycles. The van der Waals surface area contributed by atoms with Crippen LogP contribution < -0.4 is 14.4 Å². The van der Waals surface area contributed by atoms with Crippen LogP contribution in [0.5, 0.6) is 5.75 Å². The zero-order valence-corrected chi connectivity index (χ0v) is 14.5. The molecule has 2 rings (SSSR count). The van der Waals surface area contributed by atoms with Gasteiger partial charge in [0.1, 0.15) is 18.1 Å². The monoisotopic (exact) mass is 353 g/mol. The van der Waals surface area contributed by atoms with Crippen molar-refractivity contribution in [3.05, 3.63) is 36.1 Å². The highest BCUT2D eigenvalue weighted by Gasteiger charge is 2.21. The van der Waals surface area contributed by atoms with Crippen LogP contribution in [-0.4, -0.2) is 38.9 Å². The van der Waals surface area contributed by atoms with Gasteiger partial charge in [0.15, 0.2) is 5.82 Å². The number of nitrogens with zero attached hydrogens (tertiary/aromatic N) is 2. The lowest BCUT2D eigenvalue weighted by molar-refractivity contribution is -0.114. The molecule has 0 saturated heterocycles. The van der Waals surface area contributed by atoms with E-state index < -0.39 is 15.9 Å². The van der Waals surface area contributed by atoms with Crippen molar-refractivity contribution in [2.24, 2.45) is 0 Å². The molecule has 1 amide bonds. The fourth-order valence-corrected chi connectivity index (χ4v) is 2.87. The first-order valence-electron chi connectivity index (χ1n) is 7.23. The van der Waals surface area contributed by atoms with E-state index >= 15 is 0 Å². The minimum atomic E-state index is -3.64. The van der Waals surface area contributed by atoms with Gasteiger partial charge < -0.3 is 14.6 Å². The normalized spacial score (nSPS) is 11.1. The van der Waals surface area contributed by atoms with Crippen molar-refractivity contribution in [1.29, 1.82) is 0 Å². The van der Waals surface area contributed by atoms with E-state index in [9.17, 15) is 13.2 Å². The molecular formula is C15H19N3O5S. The van der Waals surface area contributed by atoms with Crippen molar-refractivity contribution in [3.8, 4) is 5.75 Å². The van der Waals surface area contributed by atoms with E-state index in [0.29, 0.717) is 23.8 Å². The van der Waals surface area contributed by atoms with Crippen molar-refractivity contribution in [2.75, 3.05) is 29.0 Å². The number of sulfonamides is 1. The van der Waals surface area contributed by atoms with E-state index in [1.807, 2.05) is 6.92 Å². The first kappa shape index (κ1) is 17.8. The molecule has 0 spiro atoms. The second-order valence-corrected chi connectivity index (χ2v) is 6.97. The summed E-state index contributed by atoms with van der Waals surface area (Å²) in [6.07, 6.45) is 1.04. The minimum Gasteiger partial charge on any atom is -0.494 e. The molecule has 0 radical (unpaired) electrons. The quantitative estimate of drug-likeness (QED) is 0.814. The summed E-state index contributed by atoms with van der Waals surface area (Å²) in [5.41, 5.74) is 0.368. The van der Waals surface area contributed by atoms with Crippen LogP contribution in [0.15, 0.2) is 34.9 Å². The van der Waals surface area contributed by atoms with Gasteiger partial charge in [-0.1, -0.05) is 5.16 Å². The van der Waals surface area contributed by atoms with Gasteiger partial charge >= 0.3 is 0 Å². The second kappa shape index (κ2) is 7.35. The van der Waals surface area contributed by atoms with Gasteiger partial charge in [-0.3, -0.25) is 9.10 Å². The molecule has 9 heteroatoms. The summed E-state index contributed by atoms with van der Waals surface area (Å²) < 4.78 is 35.2. The molecule has 24 heavy (non-hydrogen) atoms. The van der Waals surface area contributed by atoms with Crippen LogP contribution >= 0.6 is 0 Å². The molecule has 0 fully saturated rings. The van der Waals surface area contributed by atoms with Gasteiger partial charge in [0, 0.05) is 6.07 Å². The Morgan fingerprint density at radius 1 is 1.33 bits per heavy atom. The highest BCUT2D eigenvalue weighted by atomic mass is 32.2. The highest BCUT2D eigenvalue weighted by molar-refractivity contribution is 7.92. The summed E-state index contributed by atoms with van der Waals surface area (Å²) in [7, 11) is -3.64. The lowest BCUT2D eigenvalue weighted by atomic mass is 10.3. The molecule has 1 N–H and O–H groups in total. The molecule has 1 aromatic carbocycles. The lowest BCUT2D eigenvalue weighted by Gasteiger charge is -2.21. The maximum Gasteiger partial charge on any atom is 0.246 e. The largest absolute Gasteiger partial charge is 0.494 e. The Labute approximate surface area is 140 Å². The Kier molecular flexibility index (Phi) is 5.45. The van der Waals surface area contributed by atoms with Crippen LogP contribution in [0.1, 0.15) is 12.7 Å². The summed E-state index contributed by atoms with van der Waals surface area (Å²) in [4.78, 5) is 12.1. The Hall–Kier alpha value is -2.55. The van der Waals surface area contributed by atoms with Crippen molar-refractivity contribution in [3.63, 3.8) is 0 Å². The third-order valence-electron chi connectivity index (χ3n) is 3.02. The number of aromatic nitrogens is 1. The molecule has 130 valence electrons. The predicted octanol–water partition coefficient (Wildman–Crippen LogP) is 1.79. The number of nitrogens with one attached hydrogen (secondary N) is 1. The molecule has 0 aliphatic carbocycles. The predicted molar refractivity (Wildman–Crippen MR) is 89.7 cm³/mol. The van der Waals surface area contributed by atoms with Gasteiger partial charge in [0.05, 0.1) is 18.6 Å². The number of anilines is 2. The number of ether oxygens (including phenoxy) is 1. The molecule has 0 atom stereocenters. The summed E-state index contributed by atoms with van der Waals surface area (Å²) in [5, 5.41) is 6.13.